The molecule has 11 heteroatoms. The Morgan fingerprint density at radius 1 is 1.23 bits per heavy atom. The fourth-order valence-corrected chi connectivity index (χ4v) is 5.17. The molecule has 0 bridgehead atoms. The largest absolute Gasteiger partial charge is 0.493 e. The molecule has 0 saturated carbocycles. The van der Waals surface area contributed by atoms with Crippen molar-refractivity contribution in [3.63, 3.8) is 0 Å². The third-order valence-corrected chi connectivity index (χ3v) is 6.60. The number of esters is 1. The molecular formula is C19H21Cl3N2O5S. The monoisotopic (exact) mass is 494 g/mol. The molecule has 0 spiro atoms. The van der Waals surface area contributed by atoms with Gasteiger partial charge in [-0.2, -0.15) is 0 Å². The van der Waals surface area contributed by atoms with Crippen molar-refractivity contribution in [3.05, 3.63) is 30.3 Å². The van der Waals surface area contributed by atoms with Crippen LogP contribution < -0.4 is 10.1 Å². The Labute approximate surface area is 193 Å². The van der Waals surface area contributed by atoms with E-state index in [1.165, 1.54) is 16.7 Å². The quantitative estimate of drug-likeness (QED) is 0.356. The molecule has 3 rings (SSSR count). The number of β-lactam (4-membered cyclic amide) rings is 1. The third-order valence-electron chi connectivity index (χ3n) is 4.70. The van der Waals surface area contributed by atoms with Crippen molar-refractivity contribution in [1.29, 1.82) is 0 Å². The second-order valence-electron chi connectivity index (χ2n) is 7.44. The van der Waals surface area contributed by atoms with Crippen molar-refractivity contribution in [3.8, 4) is 5.75 Å². The lowest BCUT2D eigenvalue weighted by Crippen LogP contribution is -2.70. The van der Waals surface area contributed by atoms with Gasteiger partial charge in [-0.3, -0.25) is 9.59 Å². The summed E-state index contributed by atoms with van der Waals surface area (Å²) in [5.41, 5.74) is 0. The molecule has 164 valence electrons. The topological polar surface area (TPSA) is 84.9 Å². The Kier molecular flexibility index (Phi) is 7.01. The maximum Gasteiger partial charge on any atom is 0.330 e. The lowest BCUT2D eigenvalue weighted by molar-refractivity contribution is -0.164. The minimum Gasteiger partial charge on any atom is -0.493 e. The number of para-hydroxylation sites is 1. The number of hydrogen-bond donors (Lipinski definition) is 1. The molecule has 0 radical (unpaired) electrons. The molecule has 1 N–H and O–H groups in total. The summed E-state index contributed by atoms with van der Waals surface area (Å²) in [6.45, 7) is 3.44. The SMILES string of the molecule is CC1(C)S[C@@H]2C(NC(=O)CCOc3ccccc3)C(=O)N2C1C(=O)OCC(Cl)(Cl)Cl. The number of hydrogen-bond acceptors (Lipinski definition) is 6. The van der Waals surface area contributed by atoms with Crippen LogP contribution in [0.3, 0.4) is 0 Å². The Bertz CT molecular complexity index is 818. The van der Waals surface area contributed by atoms with Crippen LogP contribution in [0.15, 0.2) is 30.3 Å². The highest BCUT2D eigenvalue weighted by atomic mass is 35.6. The molecule has 2 fully saturated rings. The highest BCUT2D eigenvalue weighted by molar-refractivity contribution is 8.01. The second kappa shape index (κ2) is 9.02. The van der Waals surface area contributed by atoms with Gasteiger partial charge in [0.05, 0.1) is 13.0 Å². The van der Waals surface area contributed by atoms with Crippen LogP contribution in [0.1, 0.15) is 20.3 Å². The van der Waals surface area contributed by atoms with Crippen molar-refractivity contribution in [2.75, 3.05) is 13.2 Å². The van der Waals surface area contributed by atoms with Gasteiger partial charge in [-0.1, -0.05) is 53.0 Å². The summed E-state index contributed by atoms with van der Waals surface area (Å²) in [6.07, 6.45) is 0.105. The molecule has 2 saturated heterocycles. The molecule has 3 atom stereocenters. The zero-order valence-corrected chi connectivity index (χ0v) is 19.4. The lowest BCUT2D eigenvalue weighted by Gasteiger charge is -2.44. The molecule has 2 aliphatic heterocycles. The molecule has 1 aromatic carbocycles. The van der Waals surface area contributed by atoms with Crippen LogP contribution in [0, 0.1) is 0 Å². The van der Waals surface area contributed by atoms with E-state index in [1.807, 2.05) is 32.0 Å². The molecule has 0 aliphatic carbocycles. The lowest BCUT2D eigenvalue weighted by atomic mass is 9.96. The number of carbonyl (C=O) groups excluding carboxylic acids is 3. The minimum atomic E-state index is -1.73. The molecule has 1 aromatic rings. The Morgan fingerprint density at radius 3 is 2.53 bits per heavy atom. The summed E-state index contributed by atoms with van der Waals surface area (Å²) in [7, 11) is 0. The van der Waals surface area contributed by atoms with Crippen molar-refractivity contribution in [2.24, 2.45) is 0 Å². The Balaban J connectivity index is 1.53. The first-order valence-electron chi connectivity index (χ1n) is 9.20. The highest BCUT2D eigenvalue weighted by Gasteiger charge is 2.64. The van der Waals surface area contributed by atoms with Gasteiger partial charge >= 0.3 is 5.97 Å². The smallest absolute Gasteiger partial charge is 0.330 e. The van der Waals surface area contributed by atoms with Crippen molar-refractivity contribution in [1.82, 2.24) is 10.2 Å². The maximum absolute atomic E-state index is 12.7. The summed E-state index contributed by atoms with van der Waals surface area (Å²) in [6, 6.07) is 7.60. The first-order chi connectivity index (χ1) is 14.0. The normalized spacial score (nSPS) is 24.6. The molecule has 2 amide bonds. The summed E-state index contributed by atoms with van der Waals surface area (Å²) >= 11 is 18.3. The number of nitrogens with zero attached hydrogens (tertiary/aromatic N) is 1. The minimum absolute atomic E-state index is 0.105. The summed E-state index contributed by atoms with van der Waals surface area (Å²) in [5, 5.41) is 2.37. The van der Waals surface area contributed by atoms with Gasteiger partial charge in [0.15, 0.2) is 0 Å². The predicted molar refractivity (Wildman–Crippen MR) is 116 cm³/mol. The van der Waals surface area contributed by atoms with E-state index in [9.17, 15) is 14.4 Å². The second-order valence-corrected chi connectivity index (χ2v) is 11.7. The number of benzene rings is 1. The van der Waals surface area contributed by atoms with Crippen LogP contribution in [-0.4, -0.2) is 61.9 Å². The third kappa shape index (κ3) is 5.28. The summed E-state index contributed by atoms with van der Waals surface area (Å²) < 4.78 is 8.24. The molecular weight excluding hydrogens is 475 g/mol. The number of fused-ring (bicyclic) bond motifs is 1. The van der Waals surface area contributed by atoms with E-state index < -0.39 is 33.2 Å². The van der Waals surface area contributed by atoms with E-state index >= 15 is 0 Å². The average molecular weight is 496 g/mol. The zero-order chi connectivity index (χ0) is 22.1. The number of nitrogens with one attached hydrogen (secondary N) is 1. The van der Waals surface area contributed by atoms with Gasteiger partial charge in [0.25, 0.3) is 0 Å². The summed E-state index contributed by atoms with van der Waals surface area (Å²) in [4.78, 5) is 38.9. The number of amides is 2. The van der Waals surface area contributed by atoms with Crippen LogP contribution in [0.5, 0.6) is 5.75 Å². The first kappa shape index (κ1) is 23.3. The fraction of sp³-hybridized carbons (Fsp3) is 0.526. The van der Waals surface area contributed by atoms with Crippen molar-refractivity contribution < 1.29 is 23.9 Å². The number of halogens is 3. The zero-order valence-electron chi connectivity index (χ0n) is 16.3. The average Bonchev–Trinajstić information content (AvgIpc) is 2.92. The number of ether oxygens (including phenoxy) is 2. The molecule has 2 heterocycles. The van der Waals surface area contributed by atoms with E-state index in [4.69, 9.17) is 44.3 Å². The van der Waals surface area contributed by atoms with E-state index in [2.05, 4.69) is 5.32 Å². The van der Waals surface area contributed by atoms with E-state index in [0.717, 1.165) is 0 Å². The van der Waals surface area contributed by atoms with E-state index in [1.54, 1.807) is 12.1 Å². The van der Waals surface area contributed by atoms with Crippen LogP contribution in [-0.2, 0) is 19.1 Å². The van der Waals surface area contributed by atoms with Crippen LogP contribution in [0.25, 0.3) is 0 Å². The number of rotatable bonds is 7. The van der Waals surface area contributed by atoms with Crippen molar-refractivity contribution >= 4 is 64.3 Å². The Morgan fingerprint density at radius 2 is 1.90 bits per heavy atom. The summed E-state index contributed by atoms with van der Waals surface area (Å²) in [5.74, 6) is -0.618. The molecule has 2 unspecified atom stereocenters. The van der Waals surface area contributed by atoms with Gasteiger partial charge in [0.2, 0.25) is 15.6 Å². The maximum atomic E-state index is 12.7. The fourth-order valence-electron chi connectivity index (χ4n) is 3.38. The van der Waals surface area contributed by atoms with Crippen molar-refractivity contribution in [2.45, 2.75) is 46.3 Å². The first-order valence-corrected chi connectivity index (χ1v) is 11.2. The number of alkyl halides is 3. The Hall–Kier alpha value is -1.35. The number of thioether (sulfide) groups is 1. The van der Waals surface area contributed by atoms with E-state index in [-0.39, 0.29) is 30.2 Å². The number of carbonyl (C=O) groups is 3. The van der Waals surface area contributed by atoms with Crippen LogP contribution >= 0.6 is 46.6 Å². The van der Waals surface area contributed by atoms with Gasteiger partial charge in [-0.15, -0.1) is 11.8 Å². The van der Waals surface area contributed by atoms with Crippen LogP contribution in [0.4, 0.5) is 0 Å². The van der Waals surface area contributed by atoms with Gasteiger partial charge in [0.1, 0.15) is 29.8 Å². The molecule has 7 nitrogen and oxygen atoms in total. The van der Waals surface area contributed by atoms with E-state index in [0.29, 0.717) is 5.75 Å². The molecule has 30 heavy (non-hydrogen) atoms. The van der Waals surface area contributed by atoms with Crippen LogP contribution in [0.2, 0.25) is 0 Å². The molecule has 2 aliphatic rings. The van der Waals surface area contributed by atoms with Gasteiger partial charge < -0.3 is 19.7 Å². The van der Waals surface area contributed by atoms with Gasteiger partial charge in [-0.25, -0.2) is 4.79 Å². The van der Waals surface area contributed by atoms with Gasteiger partial charge in [-0.05, 0) is 26.0 Å². The highest BCUT2D eigenvalue weighted by Crippen LogP contribution is 2.51. The predicted octanol–water partition coefficient (Wildman–Crippen LogP) is 2.92. The molecule has 0 aromatic heterocycles. The standard InChI is InChI=1S/C19H21Cl3N2O5S/c1-18(2)14(17(27)29-10-19(20,21)22)24-15(26)13(16(24)30-18)23-12(25)8-9-28-11-6-4-3-5-7-11/h3-7,13-14,16H,8-10H2,1-2H3,(H,23,25)/t13?,14?,16-/m1/s1. The van der Waals surface area contributed by atoms with Gasteiger partial charge in [0, 0.05) is 4.75 Å².